The standard InChI is InChI=1S/C9H8BIO2S/c1-5-2-3-6-7(4-5)14-9(8(6)11)10(12)13/h2-4,12-13H,1H3. The lowest BCUT2D eigenvalue weighted by Gasteiger charge is -1.93. The molecule has 5 heteroatoms. The van der Waals surface area contributed by atoms with E-state index in [0.717, 1.165) is 13.7 Å². The minimum absolute atomic E-state index is 0.631. The molecule has 0 saturated heterocycles. The molecular weight excluding hydrogens is 310 g/mol. The van der Waals surface area contributed by atoms with Crippen LogP contribution in [0.5, 0.6) is 0 Å². The van der Waals surface area contributed by atoms with Crippen LogP contribution in [-0.4, -0.2) is 17.2 Å². The van der Waals surface area contributed by atoms with Gasteiger partial charge in [0.1, 0.15) is 0 Å². The van der Waals surface area contributed by atoms with Crippen LogP contribution in [0.15, 0.2) is 18.2 Å². The number of thiophene rings is 1. The smallest absolute Gasteiger partial charge is 0.423 e. The van der Waals surface area contributed by atoms with E-state index in [2.05, 4.69) is 28.7 Å². The molecule has 0 aliphatic carbocycles. The maximum atomic E-state index is 9.14. The molecule has 0 fully saturated rings. The summed E-state index contributed by atoms with van der Waals surface area (Å²) < 4.78 is 2.68. The molecule has 0 radical (unpaired) electrons. The van der Waals surface area contributed by atoms with Gasteiger partial charge in [0.25, 0.3) is 0 Å². The first-order chi connectivity index (χ1) is 6.59. The van der Waals surface area contributed by atoms with Crippen molar-refractivity contribution in [2.24, 2.45) is 0 Å². The molecule has 0 spiro atoms. The van der Waals surface area contributed by atoms with Crippen molar-refractivity contribution in [2.45, 2.75) is 6.92 Å². The average Bonchev–Trinajstić information content (AvgIpc) is 2.43. The summed E-state index contributed by atoms with van der Waals surface area (Å²) in [5, 5.41) is 19.4. The van der Waals surface area contributed by atoms with Crippen LogP contribution in [0.4, 0.5) is 0 Å². The molecule has 72 valence electrons. The van der Waals surface area contributed by atoms with Gasteiger partial charge in [-0.1, -0.05) is 12.1 Å². The van der Waals surface area contributed by atoms with E-state index in [1.54, 1.807) is 0 Å². The monoisotopic (exact) mass is 318 g/mol. The number of aryl methyl sites for hydroxylation is 1. The van der Waals surface area contributed by atoms with Gasteiger partial charge in [0.05, 0.1) is 0 Å². The Morgan fingerprint density at radius 2 is 2.07 bits per heavy atom. The fourth-order valence-corrected chi connectivity index (χ4v) is 3.69. The molecule has 1 aromatic carbocycles. The number of fused-ring (bicyclic) bond motifs is 1. The highest BCUT2D eigenvalue weighted by Crippen LogP contribution is 2.26. The van der Waals surface area contributed by atoms with Gasteiger partial charge in [-0.2, -0.15) is 0 Å². The Kier molecular flexibility index (Phi) is 2.83. The van der Waals surface area contributed by atoms with E-state index in [4.69, 9.17) is 10.0 Å². The summed E-state index contributed by atoms with van der Waals surface area (Å²) in [5.74, 6) is 0. The Bertz CT molecular complexity index is 481. The molecule has 1 heterocycles. The van der Waals surface area contributed by atoms with Gasteiger partial charge in [-0.3, -0.25) is 0 Å². The highest BCUT2D eigenvalue weighted by Gasteiger charge is 2.19. The Hall–Kier alpha value is -0.105. The van der Waals surface area contributed by atoms with Gasteiger partial charge in [0, 0.05) is 18.4 Å². The normalized spacial score (nSPS) is 10.9. The zero-order valence-electron chi connectivity index (χ0n) is 7.49. The molecule has 0 aliphatic rings. The fourth-order valence-electron chi connectivity index (χ4n) is 1.36. The van der Waals surface area contributed by atoms with Crippen LogP contribution in [0.25, 0.3) is 10.1 Å². The molecule has 0 amide bonds. The lowest BCUT2D eigenvalue weighted by molar-refractivity contribution is 0.426. The topological polar surface area (TPSA) is 40.5 Å². The van der Waals surface area contributed by atoms with E-state index in [9.17, 15) is 0 Å². The van der Waals surface area contributed by atoms with E-state index in [1.165, 1.54) is 16.9 Å². The Morgan fingerprint density at radius 3 is 2.71 bits per heavy atom. The summed E-state index contributed by atoms with van der Waals surface area (Å²) in [7, 11) is -1.36. The highest BCUT2D eigenvalue weighted by molar-refractivity contribution is 14.1. The van der Waals surface area contributed by atoms with Gasteiger partial charge in [-0.15, -0.1) is 11.3 Å². The van der Waals surface area contributed by atoms with Crippen LogP contribution in [0, 0.1) is 10.5 Å². The van der Waals surface area contributed by atoms with E-state index in [-0.39, 0.29) is 0 Å². The maximum absolute atomic E-state index is 9.14. The third kappa shape index (κ3) is 1.69. The lowest BCUT2D eigenvalue weighted by Crippen LogP contribution is -2.28. The van der Waals surface area contributed by atoms with Gasteiger partial charge in [-0.25, -0.2) is 0 Å². The van der Waals surface area contributed by atoms with Crippen molar-refractivity contribution in [3.8, 4) is 0 Å². The molecule has 0 unspecified atom stereocenters. The molecule has 2 nitrogen and oxygen atoms in total. The maximum Gasteiger partial charge on any atom is 0.500 e. The second kappa shape index (κ2) is 3.81. The summed E-state index contributed by atoms with van der Waals surface area (Å²) in [4.78, 5) is 0. The largest absolute Gasteiger partial charge is 0.500 e. The van der Waals surface area contributed by atoms with Crippen LogP contribution in [-0.2, 0) is 0 Å². The summed E-state index contributed by atoms with van der Waals surface area (Å²) in [5.41, 5.74) is 1.19. The van der Waals surface area contributed by atoms with E-state index in [0.29, 0.717) is 4.78 Å². The van der Waals surface area contributed by atoms with E-state index in [1.807, 2.05) is 19.1 Å². The Labute approximate surface area is 99.9 Å². The average molecular weight is 318 g/mol. The molecular formula is C9H8BIO2S. The van der Waals surface area contributed by atoms with Crippen molar-refractivity contribution in [2.75, 3.05) is 0 Å². The third-order valence-corrected chi connectivity index (χ3v) is 4.77. The minimum atomic E-state index is -1.36. The zero-order chi connectivity index (χ0) is 10.3. The van der Waals surface area contributed by atoms with E-state index >= 15 is 0 Å². The quantitative estimate of drug-likeness (QED) is 0.618. The van der Waals surface area contributed by atoms with Gasteiger partial charge < -0.3 is 10.0 Å². The number of benzene rings is 1. The number of hydrogen-bond acceptors (Lipinski definition) is 3. The summed E-state index contributed by atoms with van der Waals surface area (Å²) in [6.45, 7) is 2.03. The Balaban J connectivity index is 2.73. The number of halogens is 1. The molecule has 0 aliphatic heterocycles. The number of rotatable bonds is 1. The van der Waals surface area contributed by atoms with Crippen LogP contribution in [0.3, 0.4) is 0 Å². The van der Waals surface area contributed by atoms with Gasteiger partial charge in [-0.05, 0) is 41.1 Å². The fraction of sp³-hybridized carbons (Fsp3) is 0.111. The predicted molar refractivity (Wildman–Crippen MR) is 69.1 cm³/mol. The molecule has 0 bridgehead atoms. The van der Waals surface area contributed by atoms with Crippen molar-refractivity contribution < 1.29 is 10.0 Å². The first kappa shape index (κ1) is 10.4. The number of hydrogen-bond donors (Lipinski definition) is 2. The van der Waals surface area contributed by atoms with Gasteiger partial charge in [0.2, 0.25) is 0 Å². The van der Waals surface area contributed by atoms with Gasteiger partial charge >= 0.3 is 7.12 Å². The van der Waals surface area contributed by atoms with E-state index < -0.39 is 7.12 Å². The third-order valence-electron chi connectivity index (χ3n) is 2.04. The molecule has 2 N–H and O–H groups in total. The zero-order valence-corrected chi connectivity index (χ0v) is 10.5. The SMILES string of the molecule is Cc1ccc2c(I)c(B(O)O)sc2c1. The summed E-state index contributed by atoms with van der Waals surface area (Å²) in [6.07, 6.45) is 0. The van der Waals surface area contributed by atoms with Gasteiger partial charge in [0.15, 0.2) is 0 Å². The molecule has 14 heavy (non-hydrogen) atoms. The Morgan fingerprint density at radius 1 is 1.36 bits per heavy atom. The van der Waals surface area contributed by atoms with Crippen molar-refractivity contribution in [3.63, 3.8) is 0 Å². The predicted octanol–water partition coefficient (Wildman–Crippen LogP) is 1.49. The molecule has 0 saturated carbocycles. The van der Waals surface area contributed by atoms with Crippen LogP contribution < -0.4 is 4.78 Å². The summed E-state index contributed by atoms with van der Waals surface area (Å²) >= 11 is 3.59. The van der Waals surface area contributed by atoms with Crippen LogP contribution >= 0.6 is 33.9 Å². The highest BCUT2D eigenvalue weighted by atomic mass is 127. The van der Waals surface area contributed by atoms with Crippen molar-refractivity contribution >= 4 is 55.9 Å². The summed E-state index contributed by atoms with van der Waals surface area (Å²) in [6, 6.07) is 6.12. The first-order valence-corrected chi connectivity index (χ1v) is 6.04. The lowest BCUT2D eigenvalue weighted by atomic mass is 9.89. The molecule has 2 rings (SSSR count). The molecule has 2 aromatic rings. The van der Waals surface area contributed by atoms with Crippen LogP contribution in [0.2, 0.25) is 0 Å². The second-order valence-corrected chi connectivity index (χ2v) is 5.32. The van der Waals surface area contributed by atoms with Crippen LogP contribution in [0.1, 0.15) is 5.56 Å². The first-order valence-electron chi connectivity index (χ1n) is 4.14. The molecule has 1 aromatic heterocycles. The second-order valence-electron chi connectivity index (χ2n) is 3.15. The van der Waals surface area contributed by atoms with Crippen molar-refractivity contribution in [1.29, 1.82) is 0 Å². The molecule has 0 atom stereocenters. The van der Waals surface area contributed by atoms with Crippen molar-refractivity contribution in [3.05, 3.63) is 27.3 Å². The minimum Gasteiger partial charge on any atom is -0.423 e. The van der Waals surface area contributed by atoms with Crippen molar-refractivity contribution in [1.82, 2.24) is 0 Å².